The zero-order valence-corrected chi connectivity index (χ0v) is 11.7. The third-order valence-corrected chi connectivity index (χ3v) is 3.08. The van der Waals surface area contributed by atoms with Gasteiger partial charge in [0.2, 0.25) is 6.41 Å². The Morgan fingerprint density at radius 1 is 1.38 bits per heavy atom. The summed E-state index contributed by atoms with van der Waals surface area (Å²) in [4.78, 5) is 20.9. The Labute approximate surface area is 121 Å². The third-order valence-electron chi connectivity index (χ3n) is 3.08. The number of carbonyl (C=O) groups is 2. The van der Waals surface area contributed by atoms with Gasteiger partial charge in [-0.1, -0.05) is 6.07 Å². The van der Waals surface area contributed by atoms with Gasteiger partial charge in [-0.2, -0.15) is 5.10 Å². The first-order chi connectivity index (χ1) is 10.2. The zero-order valence-electron chi connectivity index (χ0n) is 11.7. The van der Waals surface area contributed by atoms with Crippen molar-refractivity contribution in [3.05, 3.63) is 30.1 Å². The minimum absolute atomic E-state index is 0.131. The predicted octanol–water partition coefficient (Wildman–Crippen LogP) is 1.34. The summed E-state index contributed by atoms with van der Waals surface area (Å²) in [5.41, 5.74) is 3.02. The average Bonchev–Trinajstić information content (AvgIpc) is 2.87. The second-order valence-electron chi connectivity index (χ2n) is 4.21. The second-order valence-corrected chi connectivity index (χ2v) is 4.21. The number of aryl methyl sites for hydroxylation is 1. The van der Waals surface area contributed by atoms with E-state index in [2.05, 4.69) is 10.4 Å². The molecule has 2 aromatic rings. The van der Waals surface area contributed by atoms with Crippen LogP contribution >= 0.6 is 0 Å². The summed E-state index contributed by atoms with van der Waals surface area (Å²) in [5.74, 6) is 0.533. The Hall–Kier alpha value is -2.83. The predicted molar refractivity (Wildman–Crippen MR) is 75.7 cm³/mol. The maximum atomic E-state index is 10.5. The lowest BCUT2D eigenvalue weighted by Gasteiger charge is -2.10. The van der Waals surface area contributed by atoms with Crippen LogP contribution in [0.1, 0.15) is 5.69 Å². The van der Waals surface area contributed by atoms with Crippen molar-refractivity contribution in [2.75, 3.05) is 12.4 Å². The molecule has 1 aromatic carbocycles. The Kier molecular flexibility index (Phi) is 4.55. The number of nitrogens with zero attached hydrogens (tertiary/aromatic N) is 2. The van der Waals surface area contributed by atoms with Crippen LogP contribution in [0.5, 0.6) is 5.75 Å². The second kappa shape index (κ2) is 6.56. The van der Waals surface area contributed by atoms with E-state index in [0.29, 0.717) is 24.3 Å². The highest BCUT2D eigenvalue weighted by Crippen LogP contribution is 2.32. The molecule has 0 fully saturated rings. The highest BCUT2D eigenvalue weighted by molar-refractivity contribution is 5.79. The molecule has 2 rings (SSSR count). The minimum Gasteiger partial charge on any atom is -0.495 e. The molecule has 1 aromatic heterocycles. The molecule has 0 saturated carbocycles. The van der Waals surface area contributed by atoms with Crippen LogP contribution in [0.25, 0.3) is 11.1 Å². The number of nitrogens with one attached hydrogen (secondary N) is 1. The molecule has 0 unspecified atom stereocenters. The third kappa shape index (κ3) is 3.02. The van der Waals surface area contributed by atoms with E-state index in [9.17, 15) is 9.59 Å². The smallest absolute Gasteiger partial charge is 0.293 e. The van der Waals surface area contributed by atoms with E-state index in [1.807, 2.05) is 6.07 Å². The fourth-order valence-electron chi connectivity index (χ4n) is 2.03. The lowest BCUT2D eigenvalue weighted by Crippen LogP contribution is -2.02. The first kappa shape index (κ1) is 14.6. The minimum atomic E-state index is 0.131. The molecule has 110 valence electrons. The molecule has 0 atom stereocenters. The molecule has 0 bridgehead atoms. The maximum Gasteiger partial charge on any atom is 0.293 e. The molecule has 0 saturated heterocycles. The van der Waals surface area contributed by atoms with Crippen molar-refractivity contribution < 1.29 is 19.1 Å². The number of hydrogen-bond acceptors (Lipinski definition) is 5. The summed E-state index contributed by atoms with van der Waals surface area (Å²) < 4.78 is 11.7. The number of rotatable bonds is 7. The number of amides is 1. The van der Waals surface area contributed by atoms with E-state index < -0.39 is 0 Å². The van der Waals surface area contributed by atoms with Crippen molar-refractivity contribution in [3.63, 3.8) is 0 Å². The largest absolute Gasteiger partial charge is 0.495 e. The van der Waals surface area contributed by atoms with Gasteiger partial charge in [-0.05, 0) is 17.7 Å². The van der Waals surface area contributed by atoms with Gasteiger partial charge in [-0.15, -0.1) is 0 Å². The van der Waals surface area contributed by atoms with Crippen LogP contribution in [0.2, 0.25) is 0 Å². The Morgan fingerprint density at radius 3 is 2.86 bits per heavy atom. The summed E-state index contributed by atoms with van der Waals surface area (Å²) in [7, 11) is 3.29. The van der Waals surface area contributed by atoms with Crippen molar-refractivity contribution in [1.82, 2.24) is 9.78 Å². The van der Waals surface area contributed by atoms with Crippen LogP contribution in [0.15, 0.2) is 24.4 Å². The number of benzene rings is 1. The number of ether oxygens (including phenoxy) is 2. The lowest BCUT2D eigenvalue weighted by molar-refractivity contribution is -0.130. The normalized spacial score (nSPS) is 10.0. The van der Waals surface area contributed by atoms with Crippen molar-refractivity contribution in [2.24, 2.45) is 7.05 Å². The summed E-state index contributed by atoms with van der Waals surface area (Å²) in [5, 5.41) is 6.73. The molecular formula is C14H15N3O4. The van der Waals surface area contributed by atoms with Gasteiger partial charge in [0.25, 0.3) is 6.47 Å². The molecule has 0 aliphatic carbocycles. The van der Waals surface area contributed by atoms with E-state index in [4.69, 9.17) is 9.47 Å². The number of aromatic nitrogens is 2. The van der Waals surface area contributed by atoms with Gasteiger partial charge in [0.1, 0.15) is 12.4 Å². The Bertz CT molecular complexity index is 652. The van der Waals surface area contributed by atoms with E-state index >= 15 is 0 Å². The van der Waals surface area contributed by atoms with Crippen molar-refractivity contribution in [3.8, 4) is 16.9 Å². The average molecular weight is 289 g/mol. The number of anilines is 1. The molecule has 1 amide bonds. The highest BCUT2D eigenvalue weighted by atomic mass is 16.5. The molecule has 0 spiro atoms. The van der Waals surface area contributed by atoms with E-state index in [1.54, 1.807) is 30.1 Å². The molecule has 1 heterocycles. The highest BCUT2D eigenvalue weighted by Gasteiger charge is 2.13. The van der Waals surface area contributed by atoms with E-state index in [1.165, 1.54) is 7.11 Å². The van der Waals surface area contributed by atoms with Gasteiger partial charge in [-0.3, -0.25) is 14.3 Å². The van der Waals surface area contributed by atoms with Gasteiger partial charge < -0.3 is 14.8 Å². The first-order valence-electron chi connectivity index (χ1n) is 6.16. The van der Waals surface area contributed by atoms with Crippen LogP contribution in [-0.2, 0) is 28.0 Å². The van der Waals surface area contributed by atoms with Crippen LogP contribution in [-0.4, -0.2) is 29.8 Å². The summed E-state index contributed by atoms with van der Waals surface area (Å²) in [6.45, 7) is 0.528. The van der Waals surface area contributed by atoms with Crippen LogP contribution in [0.3, 0.4) is 0 Å². The van der Waals surface area contributed by atoms with Crippen LogP contribution < -0.4 is 10.1 Å². The van der Waals surface area contributed by atoms with Gasteiger partial charge >= 0.3 is 0 Å². The van der Waals surface area contributed by atoms with Crippen molar-refractivity contribution in [1.29, 1.82) is 0 Å². The number of methoxy groups -OCH3 is 1. The van der Waals surface area contributed by atoms with Gasteiger partial charge in [0.05, 0.1) is 24.7 Å². The van der Waals surface area contributed by atoms with E-state index in [-0.39, 0.29) is 6.61 Å². The Balaban J connectivity index is 2.42. The van der Waals surface area contributed by atoms with E-state index in [0.717, 1.165) is 16.8 Å². The maximum absolute atomic E-state index is 10.5. The molecule has 0 radical (unpaired) electrons. The molecule has 7 heteroatoms. The summed E-state index contributed by atoms with van der Waals surface area (Å²) >= 11 is 0. The number of carbonyl (C=O) groups excluding carboxylic acids is 2. The lowest BCUT2D eigenvalue weighted by atomic mass is 10.1. The molecule has 1 N–H and O–H groups in total. The zero-order chi connectivity index (χ0) is 15.2. The first-order valence-corrected chi connectivity index (χ1v) is 6.16. The SMILES string of the molecule is COc1cc(-c2cnn(C)c2COC=O)ccc1NC=O. The molecule has 21 heavy (non-hydrogen) atoms. The van der Waals surface area contributed by atoms with Gasteiger partial charge in [-0.25, -0.2) is 0 Å². The van der Waals surface area contributed by atoms with Crippen molar-refractivity contribution >= 4 is 18.6 Å². The molecule has 7 nitrogen and oxygen atoms in total. The fraction of sp³-hybridized carbons (Fsp3) is 0.214. The quantitative estimate of drug-likeness (QED) is 0.778. The van der Waals surface area contributed by atoms with Gasteiger partial charge in [0, 0.05) is 12.6 Å². The Morgan fingerprint density at radius 2 is 2.19 bits per heavy atom. The summed E-state index contributed by atoms with van der Waals surface area (Å²) in [6, 6.07) is 5.35. The van der Waals surface area contributed by atoms with Crippen LogP contribution in [0, 0.1) is 0 Å². The fourth-order valence-corrected chi connectivity index (χ4v) is 2.03. The van der Waals surface area contributed by atoms with Gasteiger partial charge in [0.15, 0.2) is 0 Å². The number of hydrogen-bond donors (Lipinski definition) is 1. The molecule has 0 aliphatic heterocycles. The topological polar surface area (TPSA) is 82.4 Å². The van der Waals surface area contributed by atoms with Crippen LogP contribution in [0.4, 0.5) is 5.69 Å². The monoisotopic (exact) mass is 289 g/mol. The summed E-state index contributed by atoms with van der Waals surface area (Å²) in [6.07, 6.45) is 2.27. The van der Waals surface area contributed by atoms with Crippen molar-refractivity contribution in [2.45, 2.75) is 6.61 Å². The molecule has 0 aliphatic rings. The molecular weight excluding hydrogens is 274 g/mol. The standard InChI is InChI=1S/C14H15N3O4/c1-17-13(7-21-9-19)11(6-16-17)10-3-4-12(15-8-18)14(5-10)20-2/h3-6,8-9H,7H2,1-2H3,(H,15,18).